The van der Waals surface area contributed by atoms with Crippen LogP contribution in [0.2, 0.25) is 0 Å². The molecule has 0 aromatic heterocycles. The minimum Gasteiger partial charge on any atom is -0.454 e. The molecule has 2 amide bonds. The number of fused-ring (bicyclic) bond motifs is 1. The minimum atomic E-state index is -0.591. The third kappa shape index (κ3) is 5.75. The van der Waals surface area contributed by atoms with Crippen molar-refractivity contribution in [2.24, 2.45) is 0 Å². The Morgan fingerprint density at radius 2 is 1.87 bits per heavy atom. The summed E-state index contributed by atoms with van der Waals surface area (Å²) in [5.74, 6) is 0.767. The zero-order valence-corrected chi connectivity index (χ0v) is 16.8. The molecule has 8 heteroatoms. The first-order chi connectivity index (χ1) is 15.0. The second-order valence-electron chi connectivity index (χ2n) is 7.48. The summed E-state index contributed by atoms with van der Waals surface area (Å²) < 4.78 is 29.0. The van der Waals surface area contributed by atoms with Gasteiger partial charge in [0.1, 0.15) is 11.9 Å². The molecule has 2 atom stereocenters. The van der Waals surface area contributed by atoms with E-state index in [1.807, 2.05) is 12.1 Å². The summed E-state index contributed by atoms with van der Waals surface area (Å²) in [6.07, 6.45) is 5.24. The topological polar surface area (TPSA) is 85.9 Å². The molecule has 7 nitrogen and oxygen atoms in total. The van der Waals surface area contributed by atoms with E-state index in [-0.39, 0.29) is 30.7 Å². The van der Waals surface area contributed by atoms with E-state index >= 15 is 0 Å². The van der Waals surface area contributed by atoms with Gasteiger partial charge in [0.2, 0.25) is 12.7 Å². The van der Waals surface area contributed by atoms with Crippen molar-refractivity contribution in [3.8, 4) is 11.5 Å². The second-order valence-corrected chi connectivity index (χ2v) is 7.48. The predicted molar refractivity (Wildman–Crippen MR) is 112 cm³/mol. The number of amides is 2. The van der Waals surface area contributed by atoms with Gasteiger partial charge in [0, 0.05) is 24.2 Å². The molecule has 4 rings (SSSR count). The van der Waals surface area contributed by atoms with E-state index in [0.29, 0.717) is 23.6 Å². The van der Waals surface area contributed by atoms with Crippen molar-refractivity contribution in [1.82, 2.24) is 5.32 Å². The Morgan fingerprint density at radius 1 is 1.06 bits per heavy atom. The van der Waals surface area contributed by atoms with E-state index in [9.17, 15) is 14.0 Å². The van der Waals surface area contributed by atoms with Gasteiger partial charge in [-0.1, -0.05) is 6.07 Å². The molecule has 0 radical (unpaired) electrons. The molecule has 0 spiro atoms. The maximum Gasteiger partial charge on any atom is 0.411 e. The third-order valence-electron chi connectivity index (χ3n) is 5.16. The summed E-state index contributed by atoms with van der Waals surface area (Å²) in [7, 11) is 0. The quantitative estimate of drug-likeness (QED) is 0.699. The fraction of sp³-hybridized carbons (Fsp3) is 0.304. The minimum absolute atomic E-state index is 0.0775. The Bertz CT molecular complexity index is 976. The van der Waals surface area contributed by atoms with Crippen LogP contribution in [-0.2, 0) is 9.53 Å². The summed E-state index contributed by atoms with van der Waals surface area (Å²) >= 11 is 0. The van der Waals surface area contributed by atoms with Crippen LogP contribution >= 0.6 is 0 Å². The molecule has 31 heavy (non-hydrogen) atoms. The van der Waals surface area contributed by atoms with Gasteiger partial charge in [-0.15, -0.1) is 0 Å². The van der Waals surface area contributed by atoms with Crippen molar-refractivity contribution in [3.63, 3.8) is 0 Å². The molecular weight excluding hydrogens is 403 g/mol. The highest BCUT2D eigenvalue weighted by atomic mass is 19.1. The molecule has 0 unspecified atom stereocenters. The Morgan fingerprint density at radius 3 is 2.71 bits per heavy atom. The number of rotatable bonds is 5. The largest absolute Gasteiger partial charge is 0.454 e. The van der Waals surface area contributed by atoms with Gasteiger partial charge in [-0.05, 0) is 67.3 Å². The normalized spacial score (nSPS) is 19.8. The number of carbonyl (C=O) groups excluding carboxylic acids is 2. The van der Waals surface area contributed by atoms with Crippen LogP contribution in [0.5, 0.6) is 11.5 Å². The maximum absolute atomic E-state index is 13.0. The Kier molecular flexibility index (Phi) is 6.35. The fourth-order valence-corrected chi connectivity index (χ4v) is 3.65. The molecule has 2 aromatic carbocycles. The van der Waals surface area contributed by atoms with Crippen LogP contribution in [0, 0.1) is 5.82 Å². The van der Waals surface area contributed by atoms with Crippen molar-refractivity contribution in [2.75, 3.05) is 12.1 Å². The average molecular weight is 426 g/mol. The summed E-state index contributed by atoms with van der Waals surface area (Å²) in [6, 6.07) is 10.8. The molecule has 1 aliphatic carbocycles. The molecular formula is C23H23FN2O5. The Labute approximate surface area is 179 Å². The van der Waals surface area contributed by atoms with Gasteiger partial charge in [-0.25, -0.2) is 9.18 Å². The highest BCUT2D eigenvalue weighted by Crippen LogP contribution is 2.32. The average Bonchev–Trinajstić information content (AvgIpc) is 3.22. The van der Waals surface area contributed by atoms with Crippen LogP contribution in [0.25, 0.3) is 6.08 Å². The Balaban J connectivity index is 1.24. The summed E-state index contributed by atoms with van der Waals surface area (Å²) in [5, 5.41) is 5.55. The highest BCUT2D eigenvalue weighted by Gasteiger charge is 2.25. The zero-order valence-electron chi connectivity index (χ0n) is 16.8. The van der Waals surface area contributed by atoms with Crippen molar-refractivity contribution < 1.29 is 28.2 Å². The smallest absolute Gasteiger partial charge is 0.411 e. The van der Waals surface area contributed by atoms with Gasteiger partial charge < -0.3 is 19.5 Å². The molecule has 2 N–H and O–H groups in total. The van der Waals surface area contributed by atoms with Crippen molar-refractivity contribution in [2.45, 2.75) is 37.8 Å². The summed E-state index contributed by atoms with van der Waals surface area (Å²) in [5.41, 5.74) is 1.29. The van der Waals surface area contributed by atoms with E-state index in [1.54, 1.807) is 12.1 Å². The lowest BCUT2D eigenvalue weighted by Crippen LogP contribution is -2.40. The number of carbonyl (C=O) groups is 2. The molecule has 2 aromatic rings. The summed E-state index contributed by atoms with van der Waals surface area (Å²) in [6.45, 7) is 0.204. The predicted octanol–water partition coefficient (Wildman–Crippen LogP) is 4.24. The molecule has 0 saturated heterocycles. The van der Waals surface area contributed by atoms with E-state index in [4.69, 9.17) is 14.2 Å². The number of benzene rings is 2. The molecule has 162 valence electrons. The zero-order chi connectivity index (χ0) is 21.6. The molecule has 2 aliphatic rings. The van der Waals surface area contributed by atoms with Gasteiger partial charge in [-0.2, -0.15) is 0 Å². The van der Waals surface area contributed by atoms with Crippen LogP contribution < -0.4 is 20.1 Å². The van der Waals surface area contributed by atoms with E-state index in [2.05, 4.69) is 10.6 Å². The lowest BCUT2D eigenvalue weighted by Gasteiger charge is -2.29. The van der Waals surface area contributed by atoms with Gasteiger partial charge in [0.05, 0.1) is 0 Å². The lowest BCUT2D eigenvalue weighted by molar-refractivity contribution is -0.117. The molecule has 1 saturated carbocycles. The first-order valence-electron chi connectivity index (χ1n) is 10.2. The van der Waals surface area contributed by atoms with Gasteiger partial charge in [0.25, 0.3) is 0 Å². The second kappa shape index (κ2) is 9.51. The van der Waals surface area contributed by atoms with Crippen LogP contribution in [0.3, 0.4) is 0 Å². The maximum atomic E-state index is 13.0. The Hall–Kier alpha value is -3.55. The summed E-state index contributed by atoms with van der Waals surface area (Å²) in [4.78, 5) is 24.4. The molecule has 1 heterocycles. The van der Waals surface area contributed by atoms with E-state index < -0.39 is 6.09 Å². The first kappa shape index (κ1) is 20.7. The number of ether oxygens (including phenoxy) is 3. The van der Waals surface area contributed by atoms with E-state index in [0.717, 1.165) is 24.8 Å². The van der Waals surface area contributed by atoms with Gasteiger partial charge in [-0.3, -0.25) is 10.1 Å². The lowest BCUT2D eigenvalue weighted by atomic mass is 9.93. The molecule has 0 bridgehead atoms. The number of halogens is 1. The van der Waals surface area contributed by atoms with Crippen LogP contribution in [0.4, 0.5) is 14.9 Å². The van der Waals surface area contributed by atoms with Crippen LogP contribution in [0.15, 0.2) is 48.5 Å². The first-order valence-corrected chi connectivity index (χ1v) is 10.2. The standard InChI is InChI=1S/C23H23FN2O5/c24-16-6-8-17(9-7-16)26-23(28)31-19-3-1-2-18(13-19)25-22(27)11-5-15-4-10-20-21(12-15)30-14-29-20/h4-12,18-19H,1-3,13-14H2,(H,25,27)(H,26,28)/b11-5+/t18-,19+/m0/s1. The van der Waals surface area contributed by atoms with Crippen LogP contribution in [-0.4, -0.2) is 30.9 Å². The monoisotopic (exact) mass is 426 g/mol. The molecule has 1 aliphatic heterocycles. The number of anilines is 1. The van der Waals surface area contributed by atoms with Crippen molar-refractivity contribution in [3.05, 3.63) is 59.9 Å². The van der Waals surface area contributed by atoms with Gasteiger partial charge >= 0.3 is 6.09 Å². The third-order valence-corrected chi connectivity index (χ3v) is 5.16. The van der Waals surface area contributed by atoms with Crippen molar-refractivity contribution >= 4 is 23.8 Å². The number of hydrogen-bond donors (Lipinski definition) is 2. The number of nitrogens with one attached hydrogen (secondary N) is 2. The fourth-order valence-electron chi connectivity index (χ4n) is 3.65. The number of hydrogen-bond acceptors (Lipinski definition) is 5. The van der Waals surface area contributed by atoms with Gasteiger partial charge in [0.15, 0.2) is 11.5 Å². The molecule has 1 fully saturated rings. The highest BCUT2D eigenvalue weighted by molar-refractivity contribution is 5.92. The van der Waals surface area contributed by atoms with Crippen LogP contribution in [0.1, 0.15) is 31.2 Å². The van der Waals surface area contributed by atoms with Crippen molar-refractivity contribution in [1.29, 1.82) is 0 Å². The SMILES string of the molecule is O=C(/C=C/c1ccc2c(c1)OCO2)N[C@H]1CCC[C@@H](OC(=O)Nc2ccc(F)cc2)C1. The van der Waals surface area contributed by atoms with E-state index in [1.165, 1.54) is 30.3 Å².